The van der Waals surface area contributed by atoms with Gasteiger partial charge in [0.15, 0.2) is 8.07 Å². The highest BCUT2D eigenvalue weighted by Gasteiger charge is 2.43. The fourth-order valence-electron chi connectivity index (χ4n) is 8.96. The smallest absolute Gasteiger partial charge is 0.181 e. The highest BCUT2D eigenvalue weighted by Crippen LogP contribution is 2.42. The molecule has 2 aromatic heterocycles. The van der Waals surface area contributed by atoms with Gasteiger partial charge in [0.2, 0.25) is 0 Å². The molecular formula is C54H38N2Si. The molecule has 0 saturated carbocycles. The molecule has 0 radical (unpaired) electrons. The molecular weight excluding hydrogens is 705 g/mol. The average molecular weight is 752 g/mol. The zero-order valence-corrected chi connectivity index (χ0v) is 31.6. The molecule has 0 aliphatic carbocycles. The summed E-state index contributed by atoms with van der Waals surface area (Å²) >= 11 is 0. The Morgan fingerprint density at radius 3 is 1.60 bits per heavy atom. The van der Waals surface area contributed by atoms with Gasteiger partial charge in [0, 0.05) is 32.9 Å². The van der Waals surface area contributed by atoms with Gasteiger partial charge >= 0.3 is 0 Å². The fourth-order valence-corrected chi connectivity index (χ4v) is 13.9. The minimum absolute atomic E-state index is 0.0302. The first kappa shape index (κ1) is 25.1. The van der Waals surface area contributed by atoms with Crippen LogP contribution in [0, 0.1) is 0 Å². The summed E-state index contributed by atoms with van der Waals surface area (Å²) < 4.78 is 84.6. The van der Waals surface area contributed by atoms with E-state index in [2.05, 4.69) is 144 Å². The van der Waals surface area contributed by atoms with Crippen LogP contribution in [-0.2, 0) is 0 Å². The van der Waals surface area contributed by atoms with E-state index in [0.717, 1.165) is 38.3 Å². The van der Waals surface area contributed by atoms with E-state index in [4.69, 9.17) is 9.60 Å². The molecule has 3 heteroatoms. The van der Waals surface area contributed by atoms with Crippen LogP contribution in [0.4, 0.5) is 0 Å². The minimum atomic E-state index is -3.09. The van der Waals surface area contributed by atoms with E-state index >= 15 is 0 Å². The average Bonchev–Trinajstić information content (AvgIpc) is 3.87. The van der Waals surface area contributed by atoms with Crippen molar-refractivity contribution in [2.75, 3.05) is 0 Å². The number of benzene rings is 9. The summed E-state index contributed by atoms with van der Waals surface area (Å²) in [4.78, 5) is 0. The van der Waals surface area contributed by atoms with Crippen LogP contribution in [0.15, 0.2) is 230 Å². The van der Waals surface area contributed by atoms with Gasteiger partial charge in [-0.25, -0.2) is 0 Å². The molecule has 0 amide bonds. The Morgan fingerprint density at radius 1 is 0.386 bits per heavy atom. The second-order valence-corrected chi connectivity index (χ2v) is 17.9. The molecule has 57 heavy (non-hydrogen) atoms. The van der Waals surface area contributed by atoms with E-state index in [-0.39, 0.29) is 22.9 Å². The molecule has 0 spiro atoms. The maximum Gasteiger partial charge on any atom is 0.181 e. The SMILES string of the molecule is [2H]c1c([2H])c([2H])c(-c2c([2H])c([2H])c([2H])c(-n3c4ccccc4c4ccc5c(c6ccccc6n5-c5ccccc5[Si](c5ccccc5)(c5ccccc5)c5ccccc5)c43)c2[2H])c([2H])c1[2H]. The van der Waals surface area contributed by atoms with Crippen molar-refractivity contribution < 1.29 is 12.3 Å². The Balaban J connectivity index is 1.30. The van der Waals surface area contributed by atoms with Gasteiger partial charge in [0.05, 0.1) is 34.4 Å². The van der Waals surface area contributed by atoms with E-state index in [1.807, 2.05) is 41.0 Å². The lowest BCUT2D eigenvalue weighted by Crippen LogP contribution is -2.75. The van der Waals surface area contributed by atoms with Gasteiger partial charge < -0.3 is 9.13 Å². The Bertz CT molecular complexity index is 3630. The number of rotatable bonds is 7. The lowest BCUT2D eigenvalue weighted by Gasteiger charge is -2.36. The molecule has 0 fully saturated rings. The molecule has 0 N–H and O–H groups in total. The fraction of sp³-hybridized carbons (Fsp3) is 0. The summed E-state index contributed by atoms with van der Waals surface area (Å²) in [6, 6.07) is 56.2. The molecule has 0 unspecified atom stereocenters. The molecule has 0 aliphatic rings. The first-order valence-electron chi connectivity index (χ1n) is 23.5. The standard InChI is InChI=1S/C54H38N2Si/c1-5-20-39(21-6-1)40-22-19-23-41(38-40)55-48-32-15-13-30-45(48)46-36-37-51-53(54(46)55)47-31-14-16-33-49(47)56(51)50-34-17-18-35-52(50)57(42-24-7-2-8-25-42,43-26-9-3-10-27-43)44-28-11-4-12-29-44/h1-38H/i1D,5D,6D,19D,20D,21D,22D,23D,38D. The lowest BCUT2D eigenvalue weighted by atomic mass is 10.0. The largest absolute Gasteiger partial charge is 0.309 e. The third kappa shape index (κ3) is 5.10. The van der Waals surface area contributed by atoms with Gasteiger partial charge in [-0.3, -0.25) is 0 Å². The van der Waals surface area contributed by atoms with E-state index in [0.29, 0.717) is 11.0 Å². The van der Waals surface area contributed by atoms with Crippen LogP contribution in [0.3, 0.4) is 0 Å². The molecule has 0 saturated heterocycles. The first-order chi connectivity index (χ1) is 32.1. The van der Waals surface area contributed by atoms with Gasteiger partial charge in [-0.15, -0.1) is 0 Å². The van der Waals surface area contributed by atoms with Crippen molar-refractivity contribution in [1.82, 2.24) is 9.13 Å². The van der Waals surface area contributed by atoms with Gasteiger partial charge in [-0.2, -0.15) is 0 Å². The zero-order chi connectivity index (χ0) is 45.6. The van der Waals surface area contributed by atoms with Gasteiger partial charge in [0.25, 0.3) is 0 Å². The van der Waals surface area contributed by atoms with Crippen molar-refractivity contribution in [3.8, 4) is 22.5 Å². The van der Waals surface area contributed by atoms with Crippen molar-refractivity contribution in [1.29, 1.82) is 0 Å². The summed E-state index contributed by atoms with van der Waals surface area (Å²) in [7, 11) is -3.09. The van der Waals surface area contributed by atoms with E-state index in [9.17, 15) is 2.74 Å². The topological polar surface area (TPSA) is 9.86 Å². The van der Waals surface area contributed by atoms with Crippen LogP contribution >= 0.6 is 0 Å². The summed E-state index contributed by atoms with van der Waals surface area (Å²) in [5, 5.41) is 8.27. The molecule has 0 bridgehead atoms. The quantitative estimate of drug-likeness (QED) is 0.113. The van der Waals surface area contributed by atoms with Crippen molar-refractivity contribution in [3.05, 3.63) is 230 Å². The Hall–Kier alpha value is -7.20. The number of hydrogen-bond donors (Lipinski definition) is 0. The van der Waals surface area contributed by atoms with Crippen molar-refractivity contribution >= 4 is 72.4 Å². The highest BCUT2D eigenvalue weighted by molar-refractivity contribution is 7.20. The Kier molecular flexibility index (Phi) is 5.94. The predicted molar refractivity (Wildman–Crippen MR) is 244 cm³/mol. The third-order valence-electron chi connectivity index (χ3n) is 11.2. The number of para-hydroxylation sites is 3. The third-order valence-corrected chi connectivity index (χ3v) is 16.1. The monoisotopic (exact) mass is 751 g/mol. The van der Waals surface area contributed by atoms with Crippen LogP contribution in [0.1, 0.15) is 12.3 Å². The van der Waals surface area contributed by atoms with Crippen molar-refractivity contribution in [3.63, 3.8) is 0 Å². The minimum Gasteiger partial charge on any atom is -0.309 e. The number of fused-ring (bicyclic) bond motifs is 7. The van der Waals surface area contributed by atoms with Gasteiger partial charge in [-0.05, 0) is 68.2 Å². The number of nitrogens with zero attached hydrogens (tertiary/aromatic N) is 2. The molecule has 2 heterocycles. The maximum atomic E-state index is 9.85. The van der Waals surface area contributed by atoms with Crippen LogP contribution in [-0.4, -0.2) is 17.2 Å². The predicted octanol–water partition coefficient (Wildman–Crippen LogP) is 10.9. The van der Waals surface area contributed by atoms with E-state index in [1.54, 1.807) is 0 Å². The normalized spacial score (nSPS) is 14.1. The van der Waals surface area contributed by atoms with Gasteiger partial charge in [-0.1, -0.05) is 194 Å². The lowest BCUT2D eigenvalue weighted by molar-refractivity contribution is 1.18. The van der Waals surface area contributed by atoms with Crippen molar-refractivity contribution in [2.24, 2.45) is 0 Å². The maximum absolute atomic E-state index is 9.85. The van der Waals surface area contributed by atoms with Crippen LogP contribution in [0.5, 0.6) is 0 Å². The van der Waals surface area contributed by atoms with E-state index < -0.39 is 56.4 Å². The summed E-state index contributed by atoms with van der Waals surface area (Å²) in [6.45, 7) is 0. The Morgan fingerprint density at radius 2 is 0.930 bits per heavy atom. The Labute approximate surface area is 345 Å². The van der Waals surface area contributed by atoms with Crippen LogP contribution < -0.4 is 20.7 Å². The second-order valence-electron chi connectivity index (χ2n) is 14.1. The zero-order valence-electron chi connectivity index (χ0n) is 39.6. The van der Waals surface area contributed by atoms with Crippen LogP contribution in [0.25, 0.3) is 66.1 Å². The van der Waals surface area contributed by atoms with E-state index in [1.165, 1.54) is 20.7 Å². The number of aromatic nitrogens is 2. The first-order valence-corrected chi connectivity index (χ1v) is 21.0. The highest BCUT2D eigenvalue weighted by atomic mass is 28.3. The molecule has 2 nitrogen and oxygen atoms in total. The summed E-state index contributed by atoms with van der Waals surface area (Å²) in [5.41, 5.74) is 3.42. The molecule has 11 rings (SSSR count). The molecule has 11 aromatic rings. The molecule has 9 aromatic carbocycles. The van der Waals surface area contributed by atoms with Crippen molar-refractivity contribution in [2.45, 2.75) is 0 Å². The number of hydrogen-bond acceptors (Lipinski definition) is 0. The molecule has 268 valence electrons. The summed E-state index contributed by atoms with van der Waals surface area (Å²) in [5.74, 6) is 0. The summed E-state index contributed by atoms with van der Waals surface area (Å²) in [6.07, 6.45) is 0. The molecule has 0 aliphatic heterocycles. The molecule has 0 atom stereocenters. The van der Waals surface area contributed by atoms with Gasteiger partial charge in [0.1, 0.15) is 0 Å². The second kappa shape index (κ2) is 13.5. The van der Waals surface area contributed by atoms with Crippen LogP contribution in [0.2, 0.25) is 0 Å².